The molecule has 1 aromatic heterocycles. The highest BCUT2D eigenvalue weighted by atomic mass is 35.5. The molecule has 14 heavy (non-hydrogen) atoms. The fourth-order valence-electron chi connectivity index (χ4n) is 1.06. The molecule has 0 atom stereocenters. The van der Waals surface area contributed by atoms with Crippen LogP contribution in [0.1, 0.15) is 25.6 Å². The van der Waals surface area contributed by atoms with E-state index in [1.165, 1.54) is 0 Å². The molecule has 1 rings (SSSR count). The molecular weight excluding hydrogens is 219 g/mol. The van der Waals surface area contributed by atoms with Crippen molar-refractivity contribution in [1.29, 1.82) is 0 Å². The minimum Gasteiger partial charge on any atom is -0.396 e. The van der Waals surface area contributed by atoms with Gasteiger partial charge < -0.3 is 5.73 Å². The summed E-state index contributed by atoms with van der Waals surface area (Å²) in [5, 5.41) is 3.55. The average molecular weight is 230 g/mol. The third-order valence-corrected chi connectivity index (χ3v) is 1.58. The first kappa shape index (κ1) is 13.1. The molecule has 0 bridgehead atoms. The zero-order valence-corrected chi connectivity index (χ0v) is 8.49. The van der Waals surface area contributed by atoms with Gasteiger partial charge in [0.15, 0.2) is 5.69 Å². The molecule has 1 heterocycles. The van der Waals surface area contributed by atoms with Gasteiger partial charge in [-0.25, -0.2) is 0 Å². The maximum absolute atomic E-state index is 12.4. The molecule has 7 heteroatoms. The molecule has 0 saturated heterocycles. The molecule has 0 radical (unpaired) electrons. The maximum Gasteiger partial charge on any atom is 0.435 e. The zero-order valence-electron chi connectivity index (χ0n) is 7.67. The van der Waals surface area contributed by atoms with E-state index in [1.807, 2.05) is 0 Å². The van der Waals surface area contributed by atoms with Crippen LogP contribution >= 0.6 is 12.4 Å². The Kier molecular flexibility index (Phi) is 3.81. The normalized spacial score (nSPS) is 11.6. The SMILES string of the molecule is CC(C)n1ncc(N)c1C(F)(F)F.Cl. The second-order valence-electron chi connectivity index (χ2n) is 2.98. The van der Waals surface area contributed by atoms with Gasteiger partial charge in [0, 0.05) is 6.04 Å². The van der Waals surface area contributed by atoms with E-state index in [9.17, 15) is 13.2 Å². The summed E-state index contributed by atoms with van der Waals surface area (Å²) in [5.74, 6) is 0. The van der Waals surface area contributed by atoms with E-state index < -0.39 is 11.9 Å². The van der Waals surface area contributed by atoms with Crippen LogP contribution in [0.2, 0.25) is 0 Å². The zero-order chi connectivity index (χ0) is 10.2. The molecule has 2 N–H and O–H groups in total. The van der Waals surface area contributed by atoms with Crippen LogP contribution in [0.15, 0.2) is 6.20 Å². The Morgan fingerprint density at radius 2 is 1.93 bits per heavy atom. The summed E-state index contributed by atoms with van der Waals surface area (Å²) < 4.78 is 38.0. The van der Waals surface area contributed by atoms with Crippen LogP contribution in [-0.2, 0) is 6.18 Å². The van der Waals surface area contributed by atoms with Gasteiger partial charge in [0.25, 0.3) is 0 Å². The molecule has 0 aliphatic carbocycles. The first-order valence-electron chi connectivity index (χ1n) is 3.74. The summed E-state index contributed by atoms with van der Waals surface area (Å²) >= 11 is 0. The number of rotatable bonds is 1. The highest BCUT2D eigenvalue weighted by molar-refractivity contribution is 5.85. The van der Waals surface area contributed by atoms with Gasteiger partial charge in [-0.2, -0.15) is 18.3 Å². The lowest BCUT2D eigenvalue weighted by Gasteiger charge is -2.13. The van der Waals surface area contributed by atoms with Crippen LogP contribution in [0, 0.1) is 0 Å². The molecule has 0 amide bonds. The van der Waals surface area contributed by atoms with Crippen LogP contribution in [0.4, 0.5) is 18.9 Å². The summed E-state index contributed by atoms with van der Waals surface area (Å²) in [4.78, 5) is 0. The van der Waals surface area contributed by atoms with Crippen molar-refractivity contribution >= 4 is 18.1 Å². The molecule has 0 aliphatic heterocycles. The van der Waals surface area contributed by atoms with Crippen molar-refractivity contribution < 1.29 is 13.2 Å². The van der Waals surface area contributed by atoms with E-state index in [-0.39, 0.29) is 24.1 Å². The van der Waals surface area contributed by atoms with Crippen molar-refractivity contribution in [3.05, 3.63) is 11.9 Å². The number of anilines is 1. The first-order chi connectivity index (χ1) is 5.84. The van der Waals surface area contributed by atoms with Crippen molar-refractivity contribution in [2.45, 2.75) is 26.1 Å². The Morgan fingerprint density at radius 1 is 1.43 bits per heavy atom. The highest BCUT2D eigenvalue weighted by Gasteiger charge is 2.38. The van der Waals surface area contributed by atoms with E-state index in [2.05, 4.69) is 5.10 Å². The third kappa shape index (κ3) is 2.31. The number of halogens is 4. The Balaban J connectivity index is 0.00000169. The number of alkyl halides is 3. The van der Waals surface area contributed by atoms with E-state index in [0.29, 0.717) is 0 Å². The summed E-state index contributed by atoms with van der Waals surface area (Å²) in [6.45, 7) is 3.23. The monoisotopic (exact) mass is 229 g/mol. The largest absolute Gasteiger partial charge is 0.435 e. The standard InChI is InChI=1S/C7H10F3N3.ClH/c1-4(2)13-6(7(8,9)10)5(11)3-12-13;/h3-4H,11H2,1-2H3;1H. The Morgan fingerprint density at radius 3 is 2.21 bits per heavy atom. The molecule has 82 valence electrons. The van der Waals surface area contributed by atoms with Gasteiger partial charge >= 0.3 is 6.18 Å². The van der Waals surface area contributed by atoms with Crippen molar-refractivity contribution in [1.82, 2.24) is 9.78 Å². The van der Waals surface area contributed by atoms with Crippen LogP contribution < -0.4 is 5.73 Å². The molecule has 0 aliphatic rings. The van der Waals surface area contributed by atoms with Crippen LogP contribution in [0.3, 0.4) is 0 Å². The number of nitrogen functional groups attached to an aromatic ring is 1. The minimum atomic E-state index is -4.44. The second kappa shape index (κ2) is 4.08. The van der Waals surface area contributed by atoms with Gasteiger partial charge in [-0.05, 0) is 13.8 Å². The quantitative estimate of drug-likeness (QED) is 0.804. The van der Waals surface area contributed by atoms with Gasteiger partial charge in [-0.3, -0.25) is 4.68 Å². The number of aromatic nitrogens is 2. The fraction of sp³-hybridized carbons (Fsp3) is 0.571. The molecule has 0 unspecified atom stereocenters. The maximum atomic E-state index is 12.4. The predicted octanol–water partition coefficient (Wildman–Crippen LogP) is 2.49. The fourth-order valence-corrected chi connectivity index (χ4v) is 1.06. The smallest absolute Gasteiger partial charge is 0.396 e. The topological polar surface area (TPSA) is 43.8 Å². The Hall–Kier alpha value is -0.910. The van der Waals surface area contributed by atoms with E-state index in [4.69, 9.17) is 5.73 Å². The lowest BCUT2D eigenvalue weighted by atomic mass is 10.3. The highest BCUT2D eigenvalue weighted by Crippen LogP contribution is 2.34. The van der Waals surface area contributed by atoms with E-state index in [0.717, 1.165) is 10.9 Å². The van der Waals surface area contributed by atoms with Gasteiger partial charge in [-0.15, -0.1) is 12.4 Å². The lowest BCUT2D eigenvalue weighted by Crippen LogP contribution is -2.17. The molecule has 0 aromatic carbocycles. The number of nitrogens with two attached hydrogens (primary N) is 1. The molecule has 0 fully saturated rings. The molecule has 1 aromatic rings. The number of hydrogen-bond donors (Lipinski definition) is 1. The second-order valence-corrected chi connectivity index (χ2v) is 2.98. The summed E-state index contributed by atoms with van der Waals surface area (Å²) in [5.41, 5.74) is 3.96. The molecular formula is C7H11ClF3N3. The van der Waals surface area contributed by atoms with E-state index in [1.54, 1.807) is 13.8 Å². The van der Waals surface area contributed by atoms with Crippen molar-refractivity contribution in [3.8, 4) is 0 Å². The Bertz CT molecular complexity index is 306. The van der Waals surface area contributed by atoms with Gasteiger partial charge in [0.2, 0.25) is 0 Å². The number of nitrogens with zero attached hydrogens (tertiary/aromatic N) is 2. The van der Waals surface area contributed by atoms with Crippen LogP contribution in [0.25, 0.3) is 0 Å². The third-order valence-electron chi connectivity index (χ3n) is 1.58. The van der Waals surface area contributed by atoms with Gasteiger partial charge in [0.05, 0.1) is 11.9 Å². The lowest BCUT2D eigenvalue weighted by molar-refractivity contribution is -0.144. The van der Waals surface area contributed by atoms with Crippen LogP contribution in [-0.4, -0.2) is 9.78 Å². The van der Waals surface area contributed by atoms with Crippen molar-refractivity contribution in [3.63, 3.8) is 0 Å². The number of hydrogen-bond acceptors (Lipinski definition) is 2. The van der Waals surface area contributed by atoms with Crippen molar-refractivity contribution in [2.75, 3.05) is 5.73 Å². The van der Waals surface area contributed by atoms with E-state index >= 15 is 0 Å². The van der Waals surface area contributed by atoms with Crippen molar-refractivity contribution in [2.24, 2.45) is 0 Å². The average Bonchev–Trinajstić information content (AvgIpc) is 2.28. The minimum absolute atomic E-state index is 0. The van der Waals surface area contributed by atoms with Gasteiger partial charge in [-0.1, -0.05) is 0 Å². The van der Waals surface area contributed by atoms with Crippen LogP contribution in [0.5, 0.6) is 0 Å². The first-order valence-corrected chi connectivity index (χ1v) is 3.74. The Labute approximate surface area is 85.5 Å². The summed E-state index contributed by atoms with van der Waals surface area (Å²) in [6.07, 6.45) is -3.42. The molecule has 0 saturated carbocycles. The summed E-state index contributed by atoms with van der Waals surface area (Å²) in [6, 6.07) is -0.353. The van der Waals surface area contributed by atoms with Gasteiger partial charge in [0.1, 0.15) is 0 Å². The predicted molar refractivity (Wildman–Crippen MR) is 49.3 cm³/mol. The molecule has 3 nitrogen and oxygen atoms in total. The summed E-state index contributed by atoms with van der Waals surface area (Å²) in [7, 11) is 0. The molecule has 0 spiro atoms.